The van der Waals surface area contributed by atoms with Crippen LogP contribution in [-0.2, 0) is 0 Å². The molecule has 0 aromatic carbocycles. The number of hydrogen-bond acceptors (Lipinski definition) is 1. The quantitative estimate of drug-likeness (QED) is 0.687. The predicted molar refractivity (Wildman–Crippen MR) is 63.9 cm³/mol. The first kappa shape index (κ1) is 14.8. The van der Waals surface area contributed by atoms with Gasteiger partial charge in [0.15, 0.2) is 0 Å². The molecule has 0 aromatic rings. The van der Waals surface area contributed by atoms with Crippen molar-refractivity contribution in [1.29, 1.82) is 0 Å². The Kier molecular flexibility index (Phi) is 4.87. The van der Waals surface area contributed by atoms with Crippen LogP contribution >= 0.6 is 0 Å². The van der Waals surface area contributed by atoms with Crippen molar-refractivity contribution in [3.05, 3.63) is 0 Å². The van der Waals surface area contributed by atoms with E-state index in [1.165, 1.54) is 0 Å². The fourth-order valence-corrected chi connectivity index (χ4v) is 2.35. The molecule has 0 aliphatic heterocycles. The second kappa shape index (κ2) is 5.59. The third-order valence-corrected chi connectivity index (χ3v) is 3.65. The molecule has 0 heterocycles. The first-order valence-corrected chi connectivity index (χ1v) is 6.59. The Balaban J connectivity index is 2.82. The van der Waals surface area contributed by atoms with Crippen molar-refractivity contribution in [3.8, 4) is 0 Å². The summed E-state index contributed by atoms with van der Waals surface area (Å²) in [5, 5.41) is 0. The molecule has 0 N–H and O–H groups in total. The predicted octanol–water partition coefficient (Wildman–Crippen LogP) is 4.08. The molecule has 1 nitrogen and oxygen atoms in total. The second-order valence-corrected chi connectivity index (χ2v) is 5.63. The topological polar surface area (TPSA) is 3.24 Å². The monoisotopic (exact) mass is 251 g/mol. The Morgan fingerprint density at radius 2 is 1.71 bits per heavy atom. The van der Waals surface area contributed by atoms with Gasteiger partial charge in [-0.05, 0) is 38.0 Å². The van der Waals surface area contributed by atoms with Crippen molar-refractivity contribution in [1.82, 2.24) is 4.90 Å². The summed E-state index contributed by atoms with van der Waals surface area (Å²) in [5.41, 5.74) is 0. The van der Waals surface area contributed by atoms with E-state index in [-0.39, 0.29) is 12.0 Å². The molecule has 1 fully saturated rings. The lowest BCUT2D eigenvalue weighted by Gasteiger charge is -2.39. The lowest BCUT2D eigenvalue weighted by atomic mass is 9.99. The normalized spacial score (nSPS) is 21.0. The minimum absolute atomic E-state index is 0.00428. The van der Waals surface area contributed by atoms with Crippen molar-refractivity contribution in [3.63, 3.8) is 0 Å². The van der Waals surface area contributed by atoms with Gasteiger partial charge in [-0.2, -0.15) is 13.2 Å². The maximum atomic E-state index is 13.1. The molecule has 17 heavy (non-hydrogen) atoms. The van der Waals surface area contributed by atoms with Crippen molar-refractivity contribution in [2.24, 2.45) is 11.8 Å². The van der Waals surface area contributed by atoms with Gasteiger partial charge in [0, 0.05) is 12.6 Å². The largest absolute Gasteiger partial charge is 0.404 e. The van der Waals surface area contributed by atoms with Crippen LogP contribution in [0.15, 0.2) is 0 Å². The van der Waals surface area contributed by atoms with Crippen LogP contribution in [0.3, 0.4) is 0 Å². The smallest absolute Gasteiger partial charge is 0.289 e. The van der Waals surface area contributed by atoms with E-state index in [1.54, 1.807) is 18.7 Å². The Labute approximate surface area is 102 Å². The van der Waals surface area contributed by atoms with Gasteiger partial charge in [-0.25, -0.2) is 0 Å². The van der Waals surface area contributed by atoms with Gasteiger partial charge in [-0.3, -0.25) is 4.90 Å². The van der Waals surface area contributed by atoms with Crippen LogP contribution in [0.4, 0.5) is 13.2 Å². The SMILES string of the molecule is CC[C@H](C)N(CC1CC1)[C@H](C(C)C)C(F)(F)F. The van der Waals surface area contributed by atoms with Crippen LogP contribution < -0.4 is 0 Å². The van der Waals surface area contributed by atoms with E-state index in [0.717, 1.165) is 19.3 Å². The minimum atomic E-state index is -4.12. The van der Waals surface area contributed by atoms with Crippen molar-refractivity contribution in [2.45, 2.75) is 65.2 Å². The Morgan fingerprint density at radius 1 is 1.18 bits per heavy atom. The molecule has 1 saturated carbocycles. The molecule has 4 heteroatoms. The van der Waals surface area contributed by atoms with Crippen molar-refractivity contribution < 1.29 is 13.2 Å². The average molecular weight is 251 g/mol. The van der Waals surface area contributed by atoms with Gasteiger partial charge < -0.3 is 0 Å². The summed E-state index contributed by atoms with van der Waals surface area (Å²) in [6.45, 7) is 7.81. The van der Waals surface area contributed by atoms with E-state index < -0.39 is 12.2 Å². The van der Waals surface area contributed by atoms with Gasteiger partial charge in [0.1, 0.15) is 6.04 Å². The van der Waals surface area contributed by atoms with Crippen LogP contribution in [0, 0.1) is 11.8 Å². The number of rotatable bonds is 6. The summed E-state index contributed by atoms with van der Waals surface area (Å²) >= 11 is 0. The zero-order valence-corrected chi connectivity index (χ0v) is 11.2. The van der Waals surface area contributed by atoms with Gasteiger partial charge in [-0.15, -0.1) is 0 Å². The minimum Gasteiger partial charge on any atom is -0.289 e. The molecule has 1 rings (SSSR count). The summed E-state index contributed by atoms with van der Waals surface area (Å²) in [4.78, 5) is 1.68. The van der Waals surface area contributed by atoms with Crippen molar-refractivity contribution in [2.75, 3.05) is 6.54 Å². The molecule has 0 amide bonds. The van der Waals surface area contributed by atoms with Gasteiger partial charge in [0.05, 0.1) is 0 Å². The average Bonchev–Trinajstić information content (AvgIpc) is 2.96. The highest BCUT2D eigenvalue weighted by molar-refractivity contribution is 4.88. The first-order valence-electron chi connectivity index (χ1n) is 6.59. The standard InChI is InChI=1S/C13H24F3N/c1-5-10(4)17(8-11-6-7-11)12(9(2)3)13(14,15)16/h9-12H,5-8H2,1-4H3/t10-,12+/m0/s1. The fourth-order valence-electron chi connectivity index (χ4n) is 2.35. The van der Waals surface area contributed by atoms with E-state index in [2.05, 4.69) is 0 Å². The summed E-state index contributed by atoms with van der Waals surface area (Å²) in [7, 11) is 0. The number of nitrogens with zero attached hydrogens (tertiary/aromatic N) is 1. The molecule has 0 bridgehead atoms. The molecule has 2 atom stereocenters. The van der Waals surface area contributed by atoms with E-state index in [4.69, 9.17) is 0 Å². The summed E-state index contributed by atoms with van der Waals surface area (Å²) in [6.07, 6.45) is -1.16. The fraction of sp³-hybridized carbons (Fsp3) is 1.00. The third-order valence-electron chi connectivity index (χ3n) is 3.65. The maximum absolute atomic E-state index is 13.1. The summed E-state index contributed by atoms with van der Waals surface area (Å²) in [6, 6.07) is -1.29. The van der Waals surface area contributed by atoms with Crippen LogP contribution in [0.5, 0.6) is 0 Å². The molecule has 0 unspecified atom stereocenters. The summed E-state index contributed by atoms with van der Waals surface area (Å²) < 4.78 is 39.4. The lowest BCUT2D eigenvalue weighted by molar-refractivity contribution is -0.201. The van der Waals surface area contributed by atoms with Crippen LogP contribution in [-0.4, -0.2) is 29.7 Å². The van der Waals surface area contributed by atoms with Crippen LogP contribution in [0.25, 0.3) is 0 Å². The lowest BCUT2D eigenvalue weighted by Crippen LogP contribution is -2.53. The molecule has 0 aromatic heterocycles. The van der Waals surface area contributed by atoms with Crippen molar-refractivity contribution >= 4 is 0 Å². The molecular formula is C13H24F3N. The van der Waals surface area contributed by atoms with Gasteiger partial charge >= 0.3 is 6.18 Å². The number of hydrogen-bond donors (Lipinski definition) is 0. The molecule has 102 valence electrons. The van der Waals surface area contributed by atoms with Crippen LogP contribution in [0.1, 0.15) is 47.0 Å². The molecule has 0 spiro atoms. The molecule has 0 saturated heterocycles. The summed E-state index contributed by atoms with van der Waals surface area (Å²) in [5.74, 6) is 0.107. The molecule has 1 aliphatic carbocycles. The Bertz CT molecular complexity index is 233. The second-order valence-electron chi connectivity index (χ2n) is 5.63. The van der Waals surface area contributed by atoms with E-state index in [1.807, 2.05) is 13.8 Å². The highest BCUT2D eigenvalue weighted by atomic mass is 19.4. The van der Waals surface area contributed by atoms with Gasteiger partial charge in [-0.1, -0.05) is 20.8 Å². The third kappa shape index (κ3) is 4.16. The molecule has 1 aliphatic rings. The zero-order chi connectivity index (χ0) is 13.2. The Hall–Kier alpha value is -0.250. The van der Waals surface area contributed by atoms with Gasteiger partial charge in [0.25, 0.3) is 0 Å². The highest BCUT2D eigenvalue weighted by Crippen LogP contribution is 2.36. The Morgan fingerprint density at radius 3 is 2.00 bits per heavy atom. The first-order chi connectivity index (χ1) is 7.77. The zero-order valence-electron chi connectivity index (χ0n) is 11.2. The number of alkyl halides is 3. The highest BCUT2D eigenvalue weighted by Gasteiger charge is 2.47. The van der Waals surface area contributed by atoms with Crippen LogP contribution in [0.2, 0.25) is 0 Å². The van der Waals surface area contributed by atoms with E-state index in [9.17, 15) is 13.2 Å². The molecule has 0 radical (unpaired) electrons. The van der Waals surface area contributed by atoms with Gasteiger partial charge in [0.2, 0.25) is 0 Å². The van der Waals surface area contributed by atoms with E-state index >= 15 is 0 Å². The number of halogens is 3. The maximum Gasteiger partial charge on any atom is 0.404 e. The molecular weight excluding hydrogens is 227 g/mol. The van der Waals surface area contributed by atoms with E-state index in [0.29, 0.717) is 12.5 Å².